The fraction of sp³-hybridized carbons (Fsp3) is 0.893. The first-order valence-corrected chi connectivity index (χ1v) is 14.4. The van der Waals surface area contributed by atoms with Crippen molar-refractivity contribution in [1.82, 2.24) is 5.32 Å². The second-order valence-corrected chi connectivity index (χ2v) is 10.2. The van der Waals surface area contributed by atoms with Gasteiger partial charge >= 0.3 is 0 Å². The molecule has 7 atom stereocenters. The van der Waals surface area contributed by atoms with Gasteiger partial charge in [0.1, 0.15) is 24.4 Å². The van der Waals surface area contributed by atoms with Gasteiger partial charge in [-0.1, -0.05) is 90.2 Å². The van der Waals surface area contributed by atoms with E-state index in [0.29, 0.717) is 12.8 Å². The fourth-order valence-corrected chi connectivity index (χ4v) is 4.43. The Hall–Kier alpha value is -1.07. The number of carbonyl (C=O) groups is 1. The van der Waals surface area contributed by atoms with Crippen LogP contribution in [-0.2, 0) is 14.3 Å². The average Bonchev–Trinajstić information content (AvgIpc) is 2.88. The van der Waals surface area contributed by atoms with Crippen molar-refractivity contribution in [1.29, 1.82) is 0 Å². The zero-order valence-electron chi connectivity index (χ0n) is 23.0. The lowest BCUT2D eigenvalue weighted by atomic mass is 9.99. The number of carbonyl (C=O) groups excluding carboxylic acids is 1. The molecular formula is C28H53NO8. The van der Waals surface area contributed by atoms with E-state index in [1.165, 1.54) is 57.8 Å². The summed E-state index contributed by atoms with van der Waals surface area (Å²) in [6, 6.07) is -0.792. The summed E-state index contributed by atoms with van der Waals surface area (Å²) >= 11 is 0. The second kappa shape index (κ2) is 20.8. The molecule has 1 heterocycles. The molecule has 0 aliphatic carbocycles. The molecular weight excluding hydrogens is 478 g/mol. The number of aliphatic hydroxyl groups is 5. The number of aliphatic hydroxyl groups excluding tert-OH is 5. The van der Waals surface area contributed by atoms with E-state index in [1.807, 2.05) is 13.0 Å². The Balaban J connectivity index is 2.41. The Kier molecular flexibility index (Phi) is 19.1. The molecule has 9 heteroatoms. The lowest BCUT2D eigenvalue weighted by Crippen LogP contribution is -2.60. The average molecular weight is 532 g/mol. The molecule has 0 saturated carbocycles. The molecule has 1 fully saturated rings. The van der Waals surface area contributed by atoms with Gasteiger partial charge in [0.15, 0.2) is 6.29 Å². The molecule has 0 aromatic rings. The number of ether oxygens (including phenoxy) is 2. The highest BCUT2D eigenvalue weighted by molar-refractivity contribution is 5.76. The minimum atomic E-state index is -1.56. The third-order valence-corrected chi connectivity index (χ3v) is 6.83. The Labute approximate surface area is 223 Å². The summed E-state index contributed by atoms with van der Waals surface area (Å²) in [7, 11) is 0. The third kappa shape index (κ3) is 14.0. The summed E-state index contributed by atoms with van der Waals surface area (Å²) < 4.78 is 10.9. The van der Waals surface area contributed by atoms with E-state index in [4.69, 9.17) is 9.47 Å². The molecule has 0 aromatic carbocycles. The van der Waals surface area contributed by atoms with Gasteiger partial charge in [0.05, 0.1) is 25.4 Å². The van der Waals surface area contributed by atoms with E-state index in [-0.39, 0.29) is 12.5 Å². The van der Waals surface area contributed by atoms with Crippen LogP contribution in [0.3, 0.4) is 0 Å². The molecule has 1 saturated heterocycles. The first kappa shape index (κ1) is 34.0. The Morgan fingerprint density at radius 1 is 0.892 bits per heavy atom. The fourth-order valence-electron chi connectivity index (χ4n) is 4.43. The number of nitrogens with one attached hydrogen (secondary N) is 1. The highest BCUT2D eigenvalue weighted by atomic mass is 16.7. The first-order valence-electron chi connectivity index (χ1n) is 14.4. The number of unbranched alkanes of at least 4 members (excludes halogenated alkanes) is 11. The van der Waals surface area contributed by atoms with Crippen molar-refractivity contribution < 1.29 is 39.8 Å². The monoisotopic (exact) mass is 531 g/mol. The standard InChI is InChI=1S/C28H53NO8/c1-3-5-6-7-8-9-10-11-12-13-14-15-16-18-22(31)21(29-24(32)17-4-2)20-36-28-27(35)26(34)25(33)23(19-30)37-28/h16,18,21-23,25-28,30-31,33-35H,3-15,17,19-20H2,1-2H3,(H,29,32)/b18-16+/t21-,22+,23+,25+,26-,27+,28+/m0/s1. The van der Waals surface area contributed by atoms with Crippen molar-refractivity contribution in [3.63, 3.8) is 0 Å². The van der Waals surface area contributed by atoms with Crippen LogP contribution in [0.5, 0.6) is 0 Å². The summed E-state index contributed by atoms with van der Waals surface area (Å²) in [6.45, 7) is 3.36. The molecule has 0 aromatic heterocycles. The van der Waals surface area contributed by atoms with Crippen LogP contribution in [0.4, 0.5) is 0 Å². The molecule has 9 nitrogen and oxygen atoms in total. The van der Waals surface area contributed by atoms with Gasteiger partial charge in [0, 0.05) is 6.42 Å². The Morgan fingerprint density at radius 3 is 2.05 bits per heavy atom. The molecule has 1 amide bonds. The van der Waals surface area contributed by atoms with Crippen molar-refractivity contribution in [3.8, 4) is 0 Å². The van der Waals surface area contributed by atoms with Crippen molar-refractivity contribution in [2.45, 2.75) is 147 Å². The maximum absolute atomic E-state index is 12.2. The van der Waals surface area contributed by atoms with Gasteiger partial charge in [-0.25, -0.2) is 0 Å². The molecule has 1 aliphatic heterocycles. The van der Waals surface area contributed by atoms with Crippen LogP contribution in [0, 0.1) is 0 Å². The minimum Gasteiger partial charge on any atom is -0.394 e. The lowest BCUT2D eigenvalue weighted by molar-refractivity contribution is -0.302. The number of hydrogen-bond donors (Lipinski definition) is 6. The molecule has 0 bridgehead atoms. The van der Waals surface area contributed by atoms with Gasteiger partial charge in [-0.05, 0) is 19.3 Å². The van der Waals surface area contributed by atoms with Crippen LogP contribution < -0.4 is 5.32 Å². The van der Waals surface area contributed by atoms with Gasteiger partial charge in [0.2, 0.25) is 5.91 Å². The smallest absolute Gasteiger partial charge is 0.220 e. The topological polar surface area (TPSA) is 149 Å². The highest BCUT2D eigenvalue weighted by Crippen LogP contribution is 2.22. The minimum absolute atomic E-state index is 0.192. The van der Waals surface area contributed by atoms with E-state index < -0.39 is 49.5 Å². The third-order valence-electron chi connectivity index (χ3n) is 6.83. The van der Waals surface area contributed by atoms with Gasteiger partial charge in [-0.3, -0.25) is 4.79 Å². The van der Waals surface area contributed by atoms with E-state index >= 15 is 0 Å². The largest absolute Gasteiger partial charge is 0.394 e. The van der Waals surface area contributed by atoms with Crippen molar-refractivity contribution in [2.24, 2.45) is 0 Å². The molecule has 0 unspecified atom stereocenters. The summed E-state index contributed by atoms with van der Waals surface area (Å²) in [6.07, 6.45) is 11.3. The van der Waals surface area contributed by atoms with Crippen LogP contribution in [0.1, 0.15) is 104 Å². The maximum atomic E-state index is 12.2. The van der Waals surface area contributed by atoms with Gasteiger partial charge in [-0.15, -0.1) is 0 Å². The van der Waals surface area contributed by atoms with E-state index in [0.717, 1.165) is 19.3 Å². The zero-order chi connectivity index (χ0) is 27.5. The predicted octanol–water partition coefficient (Wildman–Crippen LogP) is 2.71. The van der Waals surface area contributed by atoms with Crippen LogP contribution in [0.25, 0.3) is 0 Å². The van der Waals surface area contributed by atoms with Crippen LogP contribution in [0.2, 0.25) is 0 Å². The number of hydrogen-bond acceptors (Lipinski definition) is 8. The number of amides is 1. The maximum Gasteiger partial charge on any atom is 0.220 e. The summed E-state index contributed by atoms with van der Waals surface area (Å²) in [5.41, 5.74) is 0. The quantitative estimate of drug-likeness (QED) is 0.0978. The highest BCUT2D eigenvalue weighted by Gasteiger charge is 2.44. The van der Waals surface area contributed by atoms with Crippen LogP contribution in [-0.4, -0.2) is 87.5 Å². The molecule has 0 spiro atoms. The van der Waals surface area contributed by atoms with Gasteiger partial charge < -0.3 is 40.3 Å². The molecule has 218 valence electrons. The first-order chi connectivity index (χ1) is 17.8. The van der Waals surface area contributed by atoms with Crippen molar-refractivity contribution in [2.75, 3.05) is 13.2 Å². The summed E-state index contributed by atoms with van der Waals surface area (Å²) in [5.74, 6) is -0.234. The normalized spacial score (nSPS) is 25.9. The van der Waals surface area contributed by atoms with Crippen molar-refractivity contribution in [3.05, 3.63) is 12.2 Å². The zero-order valence-corrected chi connectivity index (χ0v) is 23.0. The molecule has 37 heavy (non-hydrogen) atoms. The number of allylic oxidation sites excluding steroid dienone is 1. The molecule has 6 N–H and O–H groups in total. The van der Waals surface area contributed by atoms with E-state index in [2.05, 4.69) is 12.2 Å². The Morgan fingerprint density at radius 2 is 1.49 bits per heavy atom. The molecule has 1 aliphatic rings. The molecule has 1 rings (SSSR count). The molecule has 0 radical (unpaired) electrons. The number of rotatable bonds is 21. The second-order valence-electron chi connectivity index (χ2n) is 10.2. The lowest BCUT2D eigenvalue weighted by Gasteiger charge is -2.40. The van der Waals surface area contributed by atoms with Gasteiger partial charge in [0.25, 0.3) is 0 Å². The van der Waals surface area contributed by atoms with E-state index in [9.17, 15) is 30.3 Å². The Bertz CT molecular complexity index is 603. The summed E-state index contributed by atoms with van der Waals surface area (Å²) in [5, 5.41) is 52.8. The van der Waals surface area contributed by atoms with Crippen LogP contribution >= 0.6 is 0 Å². The predicted molar refractivity (Wildman–Crippen MR) is 143 cm³/mol. The van der Waals surface area contributed by atoms with Gasteiger partial charge in [-0.2, -0.15) is 0 Å². The summed E-state index contributed by atoms with van der Waals surface area (Å²) in [4.78, 5) is 12.2. The SMILES string of the molecule is CCCCCCCCCCCCC/C=C/[C@@H](O)[C@H](CO[C@@H]1O[C@H](CO)[C@@H](O)[C@H](O)[C@H]1O)NC(=O)CCC. The van der Waals surface area contributed by atoms with Crippen LogP contribution in [0.15, 0.2) is 12.2 Å². The van der Waals surface area contributed by atoms with Crippen molar-refractivity contribution >= 4 is 5.91 Å². The van der Waals surface area contributed by atoms with E-state index in [1.54, 1.807) is 6.08 Å².